The second-order valence-corrected chi connectivity index (χ2v) is 9.50. The highest BCUT2D eigenvalue weighted by atomic mass is 35.5. The number of rotatable bonds is 3. The van der Waals surface area contributed by atoms with Crippen molar-refractivity contribution in [2.45, 2.75) is 50.3 Å². The van der Waals surface area contributed by atoms with E-state index in [1.165, 1.54) is 0 Å². The molecule has 4 rings (SSSR count). The summed E-state index contributed by atoms with van der Waals surface area (Å²) >= 11 is 12.1. The van der Waals surface area contributed by atoms with Gasteiger partial charge in [0.1, 0.15) is 5.60 Å². The van der Waals surface area contributed by atoms with Gasteiger partial charge in [-0.15, -0.1) is 0 Å². The summed E-state index contributed by atoms with van der Waals surface area (Å²) in [6.07, 6.45) is 1.22. The van der Waals surface area contributed by atoms with Crippen LogP contribution in [0.25, 0.3) is 0 Å². The van der Waals surface area contributed by atoms with Gasteiger partial charge in [-0.25, -0.2) is 0 Å². The molecule has 1 aromatic carbocycles. The summed E-state index contributed by atoms with van der Waals surface area (Å²) in [6.45, 7) is 5.79. The molecule has 1 aliphatic carbocycles. The van der Waals surface area contributed by atoms with Crippen LogP contribution in [0.2, 0.25) is 10.0 Å². The Morgan fingerprint density at radius 3 is 2.59 bits per heavy atom. The van der Waals surface area contributed by atoms with Gasteiger partial charge in [0.25, 0.3) is 5.91 Å². The van der Waals surface area contributed by atoms with Gasteiger partial charge in [-0.2, -0.15) is 0 Å². The zero-order valence-electron chi connectivity index (χ0n) is 16.7. The number of halogens is 2. The SMILES string of the molecule is CC1COCC2N(C(=O)C3(O)CC3)CCN(C(=O)Cc3ccc(Cl)c(Cl)c3)C12C. The Morgan fingerprint density at radius 2 is 1.93 bits per heavy atom. The number of hydrogen-bond acceptors (Lipinski definition) is 4. The van der Waals surface area contributed by atoms with E-state index < -0.39 is 11.1 Å². The number of benzene rings is 1. The summed E-state index contributed by atoms with van der Waals surface area (Å²) in [7, 11) is 0. The highest BCUT2D eigenvalue weighted by molar-refractivity contribution is 6.42. The topological polar surface area (TPSA) is 70.1 Å². The molecule has 8 heteroatoms. The van der Waals surface area contributed by atoms with Gasteiger partial charge in [0.05, 0.1) is 41.3 Å². The third-order valence-corrected chi connectivity index (χ3v) is 7.60. The molecule has 3 atom stereocenters. The molecule has 3 fully saturated rings. The Labute approximate surface area is 180 Å². The molecule has 158 valence electrons. The number of piperazine rings is 1. The lowest BCUT2D eigenvalue weighted by Crippen LogP contribution is -2.75. The van der Waals surface area contributed by atoms with E-state index >= 15 is 0 Å². The van der Waals surface area contributed by atoms with Crippen molar-refractivity contribution in [3.63, 3.8) is 0 Å². The molecule has 1 N–H and O–H groups in total. The Morgan fingerprint density at radius 1 is 1.21 bits per heavy atom. The second kappa shape index (κ2) is 7.41. The number of ether oxygens (including phenoxy) is 1. The van der Waals surface area contributed by atoms with E-state index in [0.29, 0.717) is 49.2 Å². The lowest BCUT2D eigenvalue weighted by Gasteiger charge is -2.59. The molecule has 6 nitrogen and oxygen atoms in total. The van der Waals surface area contributed by atoms with Gasteiger partial charge in [-0.1, -0.05) is 36.2 Å². The summed E-state index contributed by atoms with van der Waals surface area (Å²) in [5.74, 6) is -0.201. The molecule has 3 unspecified atom stereocenters. The van der Waals surface area contributed by atoms with Crippen LogP contribution in [0.15, 0.2) is 18.2 Å². The third-order valence-electron chi connectivity index (χ3n) is 6.86. The molecule has 0 radical (unpaired) electrons. The Bertz CT molecular complexity index is 844. The van der Waals surface area contributed by atoms with Gasteiger partial charge in [0.2, 0.25) is 5.91 Å². The van der Waals surface area contributed by atoms with Crippen molar-refractivity contribution in [1.82, 2.24) is 9.80 Å². The third kappa shape index (κ3) is 3.54. The zero-order chi connectivity index (χ0) is 21.0. The first kappa shape index (κ1) is 20.9. The molecule has 2 aliphatic heterocycles. The molecule has 1 saturated carbocycles. The molecule has 0 bridgehead atoms. The average Bonchev–Trinajstić information content (AvgIpc) is 3.43. The van der Waals surface area contributed by atoms with E-state index in [0.717, 1.165) is 5.56 Å². The van der Waals surface area contributed by atoms with Crippen molar-refractivity contribution in [3.05, 3.63) is 33.8 Å². The van der Waals surface area contributed by atoms with E-state index in [4.69, 9.17) is 27.9 Å². The molecule has 0 aromatic heterocycles. The van der Waals surface area contributed by atoms with Crippen molar-refractivity contribution < 1.29 is 19.4 Å². The maximum Gasteiger partial charge on any atom is 0.255 e. The minimum absolute atomic E-state index is 0.0122. The van der Waals surface area contributed by atoms with E-state index in [1.54, 1.807) is 17.0 Å². The van der Waals surface area contributed by atoms with Crippen LogP contribution in [-0.2, 0) is 20.7 Å². The minimum atomic E-state index is -1.23. The summed E-state index contributed by atoms with van der Waals surface area (Å²) < 4.78 is 5.76. The number of fused-ring (bicyclic) bond motifs is 1. The fourth-order valence-electron chi connectivity index (χ4n) is 4.63. The van der Waals surface area contributed by atoms with Crippen molar-refractivity contribution in [1.29, 1.82) is 0 Å². The number of carbonyl (C=O) groups is 2. The van der Waals surface area contributed by atoms with Crippen molar-refractivity contribution >= 4 is 35.0 Å². The fraction of sp³-hybridized carbons (Fsp3) is 0.619. The summed E-state index contributed by atoms with van der Waals surface area (Å²) in [5.41, 5.74) is -0.992. The van der Waals surface area contributed by atoms with Crippen molar-refractivity contribution in [2.24, 2.45) is 5.92 Å². The quantitative estimate of drug-likeness (QED) is 0.783. The van der Waals surface area contributed by atoms with Crippen LogP contribution in [0.3, 0.4) is 0 Å². The van der Waals surface area contributed by atoms with Gasteiger partial charge in [0, 0.05) is 19.0 Å². The minimum Gasteiger partial charge on any atom is -0.380 e. The summed E-state index contributed by atoms with van der Waals surface area (Å²) in [6, 6.07) is 4.94. The van der Waals surface area contributed by atoms with E-state index in [9.17, 15) is 14.7 Å². The Kier molecular flexibility index (Phi) is 5.35. The first-order chi connectivity index (χ1) is 13.7. The van der Waals surface area contributed by atoms with Gasteiger partial charge in [-0.3, -0.25) is 9.59 Å². The average molecular weight is 441 g/mol. The van der Waals surface area contributed by atoms with Gasteiger partial charge < -0.3 is 19.6 Å². The lowest BCUT2D eigenvalue weighted by molar-refractivity contribution is -0.183. The maximum atomic E-state index is 13.3. The highest BCUT2D eigenvalue weighted by Crippen LogP contribution is 2.43. The van der Waals surface area contributed by atoms with E-state index in [1.807, 2.05) is 24.8 Å². The van der Waals surface area contributed by atoms with Crippen molar-refractivity contribution in [2.75, 3.05) is 26.3 Å². The smallest absolute Gasteiger partial charge is 0.255 e. The molecule has 2 amide bonds. The molecule has 29 heavy (non-hydrogen) atoms. The second-order valence-electron chi connectivity index (χ2n) is 8.68. The normalized spacial score (nSPS) is 30.7. The molecule has 1 aromatic rings. The number of nitrogens with zero attached hydrogens (tertiary/aromatic N) is 2. The van der Waals surface area contributed by atoms with Crippen LogP contribution >= 0.6 is 23.2 Å². The van der Waals surface area contributed by atoms with Gasteiger partial charge in [0.15, 0.2) is 0 Å². The first-order valence-corrected chi connectivity index (χ1v) is 10.8. The van der Waals surface area contributed by atoms with Gasteiger partial charge >= 0.3 is 0 Å². The standard InChI is InChI=1S/C21H26Cl2N2O4/c1-13-11-29-12-17-20(13,2)25(8-7-24(17)19(27)21(28)5-6-21)18(26)10-14-3-4-15(22)16(23)9-14/h3-4,9,13,17,28H,5-8,10-12H2,1-2H3. The first-order valence-electron chi connectivity index (χ1n) is 10.0. The number of aliphatic hydroxyl groups is 1. The van der Waals surface area contributed by atoms with Gasteiger partial charge in [-0.05, 0) is 37.5 Å². The number of hydrogen-bond donors (Lipinski definition) is 1. The molecular weight excluding hydrogens is 415 g/mol. The largest absolute Gasteiger partial charge is 0.380 e. The van der Waals surface area contributed by atoms with Crippen molar-refractivity contribution in [3.8, 4) is 0 Å². The molecule has 2 saturated heterocycles. The molecule has 2 heterocycles. The molecular formula is C21H26Cl2N2O4. The highest BCUT2D eigenvalue weighted by Gasteiger charge is 2.58. The molecule has 0 spiro atoms. The predicted octanol–water partition coefficient (Wildman–Crippen LogP) is 2.53. The Hall–Kier alpha value is -1.34. The zero-order valence-corrected chi connectivity index (χ0v) is 18.2. The number of amides is 2. The lowest BCUT2D eigenvalue weighted by atomic mass is 9.74. The van der Waals surface area contributed by atoms with Crippen LogP contribution in [-0.4, -0.2) is 70.2 Å². The maximum absolute atomic E-state index is 13.3. The van der Waals surface area contributed by atoms with Crippen LogP contribution in [0, 0.1) is 5.92 Å². The number of carbonyl (C=O) groups excluding carboxylic acids is 2. The van der Waals surface area contributed by atoms with Crippen LogP contribution in [0.5, 0.6) is 0 Å². The summed E-state index contributed by atoms with van der Waals surface area (Å²) in [4.78, 5) is 29.9. The Balaban J connectivity index is 1.59. The van der Waals surface area contributed by atoms with Crippen LogP contribution < -0.4 is 0 Å². The van der Waals surface area contributed by atoms with Crippen LogP contribution in [0.1, 0.15) is 32.3 Å². The molecule has 3 aliphatic rings. The predicted molar refractivity (Wildman–Crippen MR) is 110 cm³/mol. The van der Waals surface area contributed by atoms with E-state index in [2.05, 4.69) is 0 Å². The summed E-state index contributed by atoms with van der Waals surface area (Å²) in [5, 5.41) is 11.3. The fourth-order valence-corrected chi connectivity index (χ4v) is 4.95. The monoisotopic (exact) mass is 440 g/mol. The van der Waals surface area contributed by atoms with Crippen LogP contribution in [0.4, 0.5) is 0 Å². The van der Waals surface area contributed by atoms with E-state index in [-0.39, 0.29) is 30.2 Å².